The highest BCUT2D eigenvalue weighted by molar-refractivity contribution is 5.93. The molecular weight excluding hydrogens is 225 g/mol. The Bertz CT molecular complexity index is 588. The Morgan fingerprint density at radius 1 is 1.24 bits per heavy atom. The number of carboxylic acids is 1. The van der Waals surface area contributed by atoms with Crippen LogP contribution in [0.2, 0.25) is 0 Å². The smallest absolute Gasteiger partial charge is 0.303 e. The van der Waals surface area contributed by atoms with E-state index in [0.717, 1.165) is 0 Å². The minimum Gasteiger partial charge on any atom is -0.481 e. The molecule has 88 valence electrons. The third kappa shape index (κ3) is 2.33. The lowest BCUT2D eigenvalue weighted by molar-refractivity contribution is -0.136. The van der Waals surface area contributed by atoms with Crippen LogP contribution in [0, 0.1) is 5.82 Å². The van der Waals surface area contributed by atoms with Crippen molar-refractivity contribution in [2.45, 2.75) is 12.8 Å². The number of hydrogen-bond acceptors (Lipinski definition) is 2. The van der Waals surface area contributed by atoms with Gasteiger partial charge in [-0.05, 0) is 24.3 Å². The number of benzene rings is 1. The van der Waals surface area contributed by atoms with Gasteiger partial charge in [-0.15, -0.1) is 0 Å². The van der Waals surface area contributed by atoms with Gasteiger partial charge in [0.05, 0.1) is 11.9 Å². The Morgan fingerprint density at radius 2 is 2.00 bits per heavy atom. The van der Waals surface area contributed by atoms with Crippen LogP contribution < -0.4 is 0 Å². The first-order valence-corrected chi connectivity index (χ1v) is 5.09. The maximum atomic E-state index is 12.9. The summed E-state index contributed by atoms with van der Waals surface area (Å²) in [7, 11) is 0. The third-order valence-electron chi connectivity index (χ3n) is 2.47. The van der Waals surface area contributed by atoms with E-state index < -0.39 is 5.97 Å². The molecule has 0 aliphatic carbocycles. The summed E-state index contributed by atoms with van der Waals surface area (Å²) in [5.41, 5.74) is 0.585. The minimum absolute atomic E-state index is 0.0729. The molecule has 1 aromatic heterocycles. The SMILES string of the molecule is O=C(O)CCC(=O)n1ccc2cc(F)ccc21. The molecule has 1 aromatic carbocycles. The van der Waals surface area contributed by atoms with Gasteiger partial charge >= 0.3 is 5.97 Å². The van der Waals surface area contributed by atoms with Gasteiger partial charge in [0, 0.05) is 18.0 Å². The van der Waals surface area contributed by atoms with Crippen molar-refractivity contribution >= 4 is 22.8 Å². The van der Waals surface area contributed by atoms with Crippen LogP contribution in [-0.2, 0) is 4.79 Å². The van der Waals surface area contributed by atoms with E-state index in [-0.39, 0.29) is 24.6 Å². The lowest BCUT2D eigenvalue weighted by Gasteiger charge is -2.02. The molecule has 4 nitrogen and oxygen atoms in total. The van der Waals surface area contributed by atoms with Crippen molar-refractivity contribution in [2.75, 3.05) is 0 Å². The zero-order valence-corrected chi connectivity index (χ0v) is 8.89. The van der Waals surface area contributed by atoms with Crippen molar-refractivity contribution < 1.29 is 19.1 Å². The number of carbonyl (C=O) groups is 2. The van der Waals surface area contributed by atoms with Crippen LogP contribution in [0.4, 0.5) is 4.39 Å². The molecule has 0 radical (unpaired) electrons. The van der Waals surface area contributed by atoms with E-state index in [1.165, 1.54) is 29.0 Å². The summed E-state index contributed by atoms with van der Waals surface area (Å²) < 4.78 is 14.3. The van der Waals surface area contributed by atoms with Gasteiger partial charge in [0.25, 0.3) is 0 Å². The molecular formula is C12H10FNO3. The number of fused-ring (bicyclic) bond motifs is 1. The number of halogens is 1. The molecule has 2 rings (SSSR count). The fourth-order valence-corrected chi connectivity index (χ4v) is 1.67. The van der Waals surface area contributed by atoms with Gasteiger partial charge in [0.15, 0.2) is 0 Å². The Morgan fingerprint density at radius 3 is 2.71 bits per heavy atom. The molecule has 1 heterocycles. The van der Waals surface area contributed by atoms with Crippen molar-refractivity contribution in [2.24, 2.45) is 0 Å². The van der Waals surface area contributed by atoms with Gasteiger partial charge in [-0.1, -0.05) is 0 Å². The first-order valence-electron chi connectivity index (χ1n) is 5.09. The van der Waals surface area contributed by atoms with Gasteiger partial charge in [-0.3, -0.25) is 14.2 Å². The second-order valence-electron chi connectivity index (χ2n) is 3.68. The van der Waals surface area contributed by atoms with E-state index in [1.54, 1.807) is 6.07 Å². The summed E-state index contributed by atoms with van der Waals surface area (Å²) in [4.78, 5) is 22.1. The average molecular weight is 235 g/mol. The zero-order chi connectivity index (χ0) is 12.4. The average Bonchev–Trinajstić information content (AvgIpc) is 2.68. The van der Waals surface area contributed by atoms with E-state index in [9.17, 15) is 14.0 Å². The van der Waals surface area contributed by atoms with Crippen LogP contribution >= 0.6 is 0 Å². The topological polar surface area (TPSA) is 59.3 Å². The monoisotopic (exact) mass is 235 g/mol. The van der Waals surface area contributed by atoms with Crippen molar-refractivity contribution in [3.05, 3.63) is 36.3 Å². The number of nitrogens with zero attached hydrogens (tertiary/aromatic N) is 1. The number of rotatable bonds is 3. The highest BCUT2D eigenvalue weighted by atomic mass is 19.1. The molecule has 0 atom stereocenters. The number of hydrogen-bond donors (Lipinski definition) is 1. The first kappa shape index (κ1) is 11.3. The maximum Gasteiger partial charge on any atom is 0.303 e. The molecule has 0 saturated heterocycles. The second-order valence-corrected chi connectivity index (χ2v) is 3.68. The van der Waals surface area contributed by atoms with E-state index in [2.05, 4.69) is 0 Å². The number of aliphatic carboxylic acids is 1. The van der Waals surface area contributed by atoms with E-state index >= 15 is 0 Å². The predicted molar refractivity (Wildman–Crippen MR) is 59.4 cm³/mol. The summed E-state index contributed by atoms with van der Waals surface area (Å²) in [5.74, 6) is -1.69. The quantitative estimate of drug-likeness (QED) is 0.887. The number of aromatic nitrogens is 1. The number of carbonyl (C=O) groups excluding carboxylic acids is 1. The largest absolute Gasteiger partial charge is 0.481 e. The Labute approximate surface area is 96.3 Å². The molecule has 1 N–H and O–H groups in total. The Kier molecular flexibility index (Phi) is 2.91. The lowest BCUT2D eigenvalue weighted by Crippen LogP contribution is -2.11. The van der Waals surface area contributed by atoms with Crippen molar-refractivity contribution in [1.82, 2.24) is 4.57 Å². The van der Waals surface area contributed by atoms with Crippen LogP contribution in [0.1, 0.15) is 17.6 Å². The lowest BCUT2D eigenvalue weighted by atomic mass is 10.2. The fourth-order valence-electron chi connectivity index (χ4n) is 1.67. The molecule has 0 aliphatic heterocycles. The van der Waals surface area contributed by atoms with Crippen LogP contribution in [0.25, 0.3) is 10.9 Å². The molecule has 0 amide bonds. The predicted octanol–water partition coefficient (Wildman–Crippen LogP) is 2.29. The second kappa shape index (κ2) is 4.37. The molecule has 0 fully saturated rings. The first-order chi connectivity index (χ1) is 8.08. The Balaban J connectivity index is 2.29. The summed E-state index contributed by atoms with van der Waals surface area (Å²) in [6.45, 7) is 0. The van der Waals surface area contributed by atoms with Gasteiger partial charge < -0.3 is 5.11 Å². The van der Waals surface area contributed by atoms with Crippen LogP contribution in [0.5, 0.6) is 0 Å². The Hall–Kier alpha value is -2.17. The third-order valence-corrected chi connectivity index (χ3v) is 2.47. The van der Waals surface area contributed by atoms with Crippen LogP contribution in [0.3, 0.4) is 0 Å². The summed E-state index contributed by atoms with van der Waals surface area (Å²) >= 11 is 0. The highest BCUT2D eigenvalue weighted by Crippen LogP contribution is 2.17. The standard InChI is InChI=1S/C12H10FNO3/c13-9-1-2-10-8(7-9)5-6-14(10)11(15)3-4-12(16)17/h1-2,5-7H,3-4H2,(H,16,17). The van der Waals surface area contributed by atoms with E-state index in [1.807, 2.05) is 0 Å². The van der Waals surface area contributed by atoms with Crippen LogP contribution in [-0.4, -0.2) is 21.6 Å². The molecule has 2 aromatic rings. The summed E-state index contributed by atoms with van der Waals surface area (Å²) in [6, 6.07) is 5.72. The normalized spacial score (nSPS) is 10.6. The van der Waals surface area contributed by atoms with E-state index in [4.69, 9.17) is 5.11 Å². The molecule has 17 heavy (non-hydrogen) atoms. The summed E-state index contributed by atoms with van der Waals surface area (Å²) in [5, 5.41) is 9.12. The molecule has 0 aliphatic rings. The fraction of sp³-hybridized carbons (Fsp3) is 0.167. The molecule has 5 heteroatoms. The molecule has 0 spiro atoms. The maximum absolute atomic E-state index is 12.9. The minimum atomic E-state index is -1.01. The van der Waals surface area contributed by atoms with E-state index in [0.29, 0.717) is 10.9 Å². The molecule has 0 saturated carbocycles. The molecule has 0 bridgehead atoms. The number of carboxylic acid groups (broad SMARTS) is 1. The van der Waals surface area contributed by atoms with Crippen molar-refractivity contribution in [1.29, 1.82) is 0 Å². The zero-order valence-electron chi connectivity index (χ0n) is 8.89. The highest BCUT2D eigenvalue weighted by Gasteiger charge is 2.10. The van der Waals surface area contributed by atoms with Gasteiger partial charge in [0.1, 0.15) is 5.82 Å². The van der Waals surface area contributed by atoms with Gasteiger partial charge in [0.2, 0.25) is 5.91 Å². The van der Waals surface area contributed by atoms with Gasteiger partial charge in [-0.25, -0.2) is 4.39 Å². The summed E-state index contributed by atoms with van der Waals surface area (Å²) in [6.07, 6.45) is 1.24. The van der Waals surface area contributed by atoms with Gasteiger partial charge in [-0.2, -0.15) is 0 Å². The van der Waals surface area contributed by atoms with Crippen molar-refractivity contribution in [3.63, 3.8) is 0 Å². The van der Waals surface area contributed by atoms with Crippen molar-refractivity contribution in [3.8, 4) is 0 Å². The molecule has 0 unspecified atom stereocenters. The van der Waals surface area contributed by atoms with Crippen LogP contribution in [0.15, 0.2) is 30.5 Å².